The van der Waals surface area contributed by atoms with E-state index in [1.807, 2.05) is 12.1 Å². The lowest BCUT2D eigenvalue weighted by molar-refractivity contribution is 0.104. The van der Waals surface area contributed by atoms with Crippen molar-refractivity contribution in [1.82, 2.24) is 4.98 Å². The summed E-state index contributed by atoms with van der Waals surface area (Å²) in [5, 5.41) is 9.74. The van der Waals surface area contributed by atoms with Gasteiger partial charge >= 0.3 is 0 Å². The number of pyridine rings is 1. The Morgan fingerprint density at radius 1 is 1.14 bits per heavy atom. The highest BCUT2D eigenvalue weighted by atomic mass is 16.5. The molecule has 0 radical (unpaired) electrons. The number of rotatable bonds is 5. The highest BCUT2D eigenvalue weighted by Gasteiger charge is 2.11. The summed E-state index contributed by atoms with van der Waals surface area (Å²) in [7, 11) is 3.05. The van der Waals surface area contributed by atoms with Crippen molar-refractivity contribution in [3.8, 4) is 17.2 Å². The molecule has 0 unspecified atom stereocenters. The molecule has 0 amide bonds. The average Bonchev–Trinajstić information content (AvgIpc) is 2.52. The molecule has 1 aromatic carbocycles. The van der Waals surface area contributed by atoms with Crippen LogP contribution in [0.15, 0.2) is 42.6 Å². The Kier molecular flexibility index (Phi) is 4.56. The van der Waals surface area contributed by atoms with Gasteiger partial charge in [-0.1, -0.05) is 18.2 Å². The Morgan fingerprint density at radius 2 is 1.81 bits per heavy atom. The van der Waals surface area contributed by atoms with Crippen molar-refractivity contribution in [2.45, 2.75) is 0 Å². The van der Waals surface area contributed by atoms with Crippen LogP contribution in [0.4, 0.5) is 0 Å². The van der Waals surface area contributed by atoms with E-state index < -0.39 is 0 Å². The number of hydrogen-bond donors (Lipinski definition) is 1. The van der Waals surface area contributed by atoms with Gasteiger partial charge in [-0.25, -0.2) is 4.98 Å². The molecule has 5 nitrogen and oxygen atoms in total. The summed E-state index contributed by atoms with van der Waals surface area (Å²) in [5.74, 6) is 0.542. The first-order valence-electron chi connectivity index (χ1n) is 6.23. The molecule has 108 valence electrons. The number of carbonyl (C=O) groups is 1. The first kappa shape index (κ1) is 14.6. The molecule has 0 atom stereocenters. The lowest BCUT2D eigenvalue weighted by atomic mass is 10.1. The minimum absolute atomic E-state index is 0.0134. The summed E-state index contributed by atoms with van der Waals surface area (Å²) in [5.41, 5.74) is 0.831. The summed E-state index contributed by atoms with van der Waals surface area (Å²) in [4.78, 5) is 15.9. The molecule has 0 saturated carbocycles. The van der Waals surface area contributed by atoms with Gasteiger partial charge in [-0.05, 0) is 23.8 Å². The van der Waals surface area contributed by atoms with Crippen LogP contribution in [0.2, 0.25) is 0 Å². The number of allylic oxidation sites excluding steroid dienone is 1. The van der Waals surface area contributed by atoms with Gasteiger partial charge in [0.15, 0.2) is 5.69 Å². The second-order valence-electron chi connectivity index (χ2n) is 4.21. The standard InChI is InChI=1S/C16H15NO4/c1-20-12-6-3-11(4-7-12)5-8-14(18)16-15(19)9-13(21-2)10-17-16/h3-10,19H,1-2H3/b8-5+. The third-order valence-electron chi connectivity index (χ3n) is 2.85. The fourth-order valence-corrected chi connectivity index (χ4v) is 1.70. The molecule has 2 aromatic rings. The Labute approximate surface area is 122 Å². The van der Waals surface area contributed by atoms with Crippen LogP contribution in [0.25, 0.3) is 6.08 Å². The van der Waals surface area contributed by atoms with E-state index in [4.69, 9.17) is 9.47 Å². The van der Waals surface area contributed by atoms with Gasteiger partial charge in [0.2, 0.25) is 5.78 Å². The van der Waals surface area contributed by atoms with Gasteiger partial charge in [0.05, 0.1) is 20.4 Å². The van der Waals surface area contributed by atoms with E-state index in [1.165, 1.54) is 25.4 Å². The van der Waals surface area contributed by atoms with Crippen molar-refractivity contribution >= 4 is 11.9 Å². The monoisotopic (exact) mass is 285 g/mol. The zero-order valence-corrected chi connectivity index (χ0v) is 11.7. The Balaban J connectivity index is 2.14. The fraction of sp³-hybridized carbons (Fsp3) is 0.125. The van der Waals surface area contributed by atoms with Crippen molar-refractivity contribution in [3.63, 3.8) is 0 Å². The van der Waals surface area contributed by atoms with Crippen LogP contribution in [0.3, 0.4) is 0 Å². The van der Waals surface area contributed by atoms with Crippen molar-refractivity contribution in [3.05, 3.63) is 53.9 Å². The second-order valence-corrected chi connectivity index (χ2v) is 4.21. The number of carbonyl (C=O) groups excluding carboxylic acids is 1. The molecular weight excluding hydrogens is 270 g/mol. The molecule has 0 aliphatic carbocycles. The first-order chi connectivity index (χ1) is 10.1. The van der Waals surface area contributed by atoms with E-state index >= 15 is 0 Å². The molecule has 5 heteroatoms. The Morgan fingerprint density at radius 3 is 2.38 bits per heavy atom. The van der Waals surface area contributed by atoms with Gasteiger partial charge in [-0.3, -0.25) is 4.79 Å². The van der Waals surface area contributed by atoms with Crippen LogP contribution in [0.1, 0.15) is 16.1 Å². The molecular formula is C16H15NO4. The molecule has 0 saturated heterocycles. The number of ether oxygens (including phenoxy) is 2. The number of ketones is 1. The number of methoxy groups -OCH3 is 2. The lowest BCUT2D eigenvalue weighted by Crippen LogP contribution is -1.99. The normalized spacial score (nSPS) is 10.6. The van der Waals surface area contributed by atoms with Crippen LogP contribution >= 0.6 is 0 Å². The van der Waals surface area contributed by atoms with Crippen molar-refractivity contribution in [2.24, 2.45) is 0 Å². The number of aromatic nitrogens is 1. The first-order valence-corrected chi connectivity index (χ1v) is 6.23. The molecule has 0 fully saturated rings. The molecule has 2 rings (SSSR count). The summed E-state index contributed by atoms with van der Waals surface area (Å²) in [6.45, 7) is 0. The predicted octanol–water partition coefficient (Wildman–Crippen LogP) is 2.70. The predicted molar refractivity (Wildman–Crippen MR) is 78.8 cm³/mol. The maximum atomic E-state index is 12.0. The quantitative estimate of drug-likeness (QED) is 0.675. The van der Waals surface area contributed by atoms with Gasteiger partial charge in [0.25, 0.3) is 0 Å². The third kappa shape index (κ3) is 3.60. The minimum Gasteiger partial charge on any atom is -0.505 e. The number of benzene rings is 1. The summed E-state index contributed by atoms with van der Waals surface area (Å²) < 4.78 is 9.97. The molecule has 0 spiro atoms. The summed E-state index contributed by atoms with van der Waals surface area (Å²) in [6, 6.07) is 8.59. The van der Waals surface area contributed by atoms with Gasteiger partial charge in [-0.15, -0.1) is 0 Å². The topological polar surface area (TPSA) is 68.7 Å². The third-order valence-corrected chi connectivity index (χ3v) is 2.85. The number of aromatic hydroxyl groups is 1. The van der Waals surface area contributed by atoms with Gasteiger partial charge in [0.1, 0.15) is 17.2 Å². The van der Waals surface area contributed by atoms with Crippen LogP contribution in [0.5, 0.6) is 17.2 Å². The van der Waals surface area contributed by atoms with Crippen molar-refractivity contribution < 1.29 is 19.4 Å². The van der Waals surface area contributed by atoms with E-state index in [-0.39, 0.29) is 17.2 Å². The summed E-state index contributed by atoms with van der Waals surface area (Å²) in [6.07, 6.45) is 4.39. The molecule has 1 N–H and O–H groups in total. The molecule has 1 aromatic heterocycles. The lowest BCUT2D eigenvalue weighted by Gasteiger charge is -2.03. The van der Waals surface area contributed by atoms with Gasteiger partial charge in [0, 0.05) is 6.07 Å². The summed E-state index contributed by atoms with van der Waals surface area (Å²) >= 11 is 0. The highest BCUT2D eigenvalue weighted by Crippen LogP contribution is 2.21. The highest BCUT2D eigenvalue weighted by molar-refractivity contribution is 6.07. The molecule has 21 heavy (non-hydrogen) atoms. The van der Waals surface area contributed by atoms with E-state index in [1.54, 1.807) is 25.3 Å². The smallest absolute Gasteiger partial charge is 0.207 e. The SMILES string of the molecule is COc1ccc(/C=C/C(=O)c2ncc(OC)cc2O)cc1. The molecule has 0 bridgehead atoms. The maximum absolute atomic E-state index is 12.0. The van der Waals surface area contributed by atoms with Crippen molar-refractivity contribution in [2.75, 3.05) is 14.2 Å². The maximum Gasteiger partial charge on any atom is 0.207 e. The van der Waals surface area contributed by atoms with Crippen molar-refractivity contribution in [1.29, 1.82) is 0 Å². The second kappa shape index (κ2) is 6.56. The molecule has 0 aliphatic rings. The largest absolute Gasteiger partial charge is 0.505 e. The Bertz CT molecular complexity index is 662. The van der Waals surface area contributed by atoms with E-state index in [0.717, 1.165) is 11.3 Å². The van der Waals surface area contributed by atoms with Crippen LogP contribution in [-0.4, -0.2) is 30.1 Å². The zero-order valence-electron chi connectivity index (χ0n) is 11.7. The van der Waals surface area contributed by atoms with Gasteiger partial charge < -0.3 is 14.6 Å². The van der Waals surface area contributed by atoms with E-state index in [9.17, 15) is 9.90 Å². The molecule has 0 aliphatic heterocycles. The Hall–Kier alpha value is -2.82. The van der Waals surface area contributed by atoms with Crippen LogP contribution in [0, 0.1) is 0 Å². The number of nitrogens with zero attached hydrogens (tertiary/aromatic N) is 1. The number of hydrogen-bond acceptors (Lipinski definition) is 5. The van der Waals surface area contributed by atoms with Crippen LogP contribution in [-0.2, 0) is 0 Å². The molecule has 1 heterocycles. The van der Waals surface area contributed by atoms with Crippen LogP contribution < -0.4 is 9.47 Å². The zero-order chi connectivity index (χ0) is 15.2. The van der Waals surface area contributed by atoms with E-state index in [0.29, 0.717) is 5.75 Å². The fourth-order valence-electron chi connectivity index (χ4n) is 1.70. The van der Waals surface area contributed by atoms with E-state index in [2.05, 4.69) is 4.98 Å². The average molecular weight is 285 g/mol. The van der Waals surface area contributed by atoms with Gasteiger partial charge in [-0.2, -0.15) is 0 Å². The minimum atomic E-state index is -0.383.